The van der Waals surface area contributed by atoms with Crippen LogP contribution in [0.15, 0.2) is 24.3 Å². The SMILES string of the molecule is CC.CC/C=C\c1cccc(N)n1. The summed E-state index contributed by atoms with van der Waals surface area (Å²) in [5, 5.41) is 0. The second-order valence-corrected chi connectivity index (χ2v) is 2.30. The predicted molar refractivity (Wildman–Crippen MR) is 59.3 cm³/mol. The third-order valence-corrected chi connectivity index (χ3v) is 1.32. The van der Waals surface area contributed by atoms with Crippen LogP contribution in [0.2, 0.25) is 0 Å². The van der Waals surface area contributed by atoms with Crippen LogP contribution in [0, 0.1) is 0 Å². The highest BCUT2D eigenvalue weighted by molar-refractivity contribution is 5.47. The van der Waals surface area contributed by atoms with Crippen LogP contribution in [-0.2, 0) is 0 Å². The lowest BCUT2D eigenvalue weighted by Gasteiger charge is -1.93. The summed E-state index contributed by atoms with van der Waals surface area (Å²) in [4.78, 5) is 4.10. The molecule has 0 aromatic carbocycles. The number of anilines is 1. The smallest absolute Gasteiger partial charge is 0.124 e. The second-order valence-electron chi connectivity index (χ2n) is 2.30. The molecular formula is C11H18N2. The number of hydrogen-bond donors (Lipinski definition) is 1. The molecule has 1 aromatic rings. The number of hydrogen-bond acceptors (Lipinski definition) is 2. The zero-order valence-electron chi connectivity index (χ0n) is 8.62. The van der Waals surface area contributed by atoms with Crippen molar-refractivity contribution >= 4 is 11.9 Å². The lowest BCUT2D eigenvalue weighted by molar-refractivity contribution is 1.22. The summed E-state index contributed by atoms with van der Waals surface area (Å²) in [5.74, 6) is 0.572. The quantitative estimate of drug-likeness (QED) is 0.755. The molecule has 2 N–H and O–H groups in total. The lowest BCUT2D eigenvalue weighted by atomic mass is 10.3. The molecule has 1 heterocycles. The fraction of sp³-hybridized carbons (Fsp3) is 0.364. The highest BCUT2D eigenvalue weighted by Crippen LogP contribution is 2.02. The Morgan fingerprint density at radius 2 is 2.08 bits per heavy atom. The van der Waals surface area contributed by atoms with E-state index in [0.717, 1.165) is 12.1 Å². The van der Waals surface area contributed by atoms with Crippen LogP contribution in [-0.4, -0.2) is 4.98 Å². The zero-order chi connectivity index (χ0) is 10.1. The molecule has 1 rings (SSSR count). The Kier molecular flexibility index (Phi) is 6.60. The first-order valence-electron chi connectivity index (χ1n) is 4.72. The molecule has 13 heavy (non-hydrogen) atoms. The minimum atomic E-state index is 0.572. The summed E-state index contributed by atoms with van der Waals surface area (Å²) in [6.07, 6.45) is 5.05. The summed E-state index contributed by atoms with van der Waals surface area (Å²) in [7, 11) is 0. The van der Waals surface area contributed by atoms with Crippen molar-refractivity contribution in [2.75, 3.05) is 5.73 Å². The summed E-state index contributed by atoms with van der Waals surface area (Å²) in [6, 6.07) is 5.61. The number of nitrogens with zero attached hydrogens (tertiary/aromatic N) is 1. The van der Waals surface area contributed by atoms with E-state index < -0.39 is 0 Å². The molecule has 72 valence electrons. The first-order valence-corrected chi connectivity index (χ1v) is 4.72. The van der Waals surface area contributed by atoms with Gasteiger partial charge in [-0.1, -0.05) is 32.9 Å². The Morgan fingerprint density at radius 3 is 2.62 bits per heavy atom. The summed E-state index contributed by atoms with van der Waals surface area (Å²) in [6.45, 7) is 6.09. The standard InChI is InChI=1S/C9H12N2.C2H6/c1-2-3-5-8-6-4-7-9(10)11-8;1-2/h3-7H,2H2,1H3,(H2,10,11);1-2H3/b5-3-;. The Labute approximate surface area is 80.5 Å². The molecule has 0 fully saturated rings. The van der Waals surface area contributed by atoms with E-state index >= 15 is 0 Å². The fourth-order valence-electron chi connectivity index (χ4n) is 0.800. The van der Waals surface area contributed by atoms with Crippen molar-refractivity contribution in [3.05, 3.63) is 30.0 Å². The van der Waals surface area contributed by atoms with Gasteiger partial charge in [-0.15, -0.1) is 0 Å². The highest BCUT2D eigenvalue weighted by Gasteiger charge is 1.86. The normalized spacial score (nSPS) is 9.46. The monoisotopic (exact) mass is 178 g/mol. The zero-order valence-corrected chi connectivity index (χ0v) is 8.62. The average Bonchev–Trinajstić information content (AvgIpc) is 2.18. The van der Waals surface area contributed by atoms with Crippen molar-refractivity contribution in [1.29, 1.82) is 0 Å². The van der Waals surface area contributed by atoms with E-state index in [4.69, 9.17) is 5.73 Å². The van der Waals surface area contributed by atoms with Gasteiger partial charge in [0.25, 0.3) is 0 Å². The Hall–Kier alpha value is -1.31. The minimum absolute atomic E-state index is 0.572. The molecule has 0 aliphatic rings. The van der Waals surface area contributed by atoms with E-state index in [1.54, 1.807) is 6.07 Å². The largest absolute Gasteiger partial charge is 0.384 e. The number of allylic oxidation sites excluding steroid dienone is 1. The Bertz CT molecular complexity index is 254. The molecular weight excluding hydrogens is 160 g/mol. The molecule has 0 bridgehead atoms. The van der Waals surface area contributed by atoms with Crippen LogP contribution < -0.4 is 5.73 Å². The maximum Gasteiger partial charge on any atom is 0.124 e. The minimum Gasteiger partial charge on any atom is -0.384 e. The first kappa shape index (κ1) is 11.7. The summed E-state index contributed by atoms with van der Waals surface area (Å²) < 4.78 is 0. The van der Waals surface area contributed by atoms with Crippen LogP contribution in [0.4, 0.5) is 5.82 Å². The Morgan fingerprint density at radius 1 is 1.38 bits per heavy atom. The number of nitrogens with two attached hydrogens (primary N) is 1. The lowest BCUT2D eigenvalue weighted by Crippen LogP contribution is -1.89. The van der Waals surface area contributed by atoms with Gasteiger partial charge in [0.15, 0.2) is 0 Å². The van der Waals surface area contributed by atoms with Crippen molar-refractivity contribution in [2.45, 2.75) is 27.2 Å². The number of pyridine rings is 1. The van der Waals surface area contributed by atoms with Crippen molar-refractivity contribution in [3.8, 4) is 0 Å². The van der Waals surface area contributed by atoms with Crippen LogP contribution >= 0.6 is 0 Å². The third-order valence-electron chi connectivity index (χ3n) is 1.32. The maximum absolute atomic E-state index is 5.49. The summed E-state index contributed by atoms with van der Waals surface area (Å²) in [5.41, 5.74) is 6.41. The van der Waals surface area contributed by atoms with Gasteiger partial charge < -0.3 is 5.73 Å². The predicted octanol–water partition coefficient (Wildman–Crippen LogP) is 3.11. The topological polar surface area (TPSA) is 38.9 Å². The van der Waals surface area contributed by atoms with Gasteiger partial charge in [-0.2, -0.15) is 0 Å². The van der Waals surface area contributed by atoms with Crippen LogP contribution in [0.25, 0.3) is 6.08 Å². The maximum atomic E-state index is 5.49. The van der Waals surface area contributed by atoms with Crippen molar-refractivity contribution in [2.24, 2.45) is 0 Å². The van der Waals surface area contributed by atoms with Gasteiger partial charge in [0.2, 0.25) is 0 Å². The van der Waals surface area contributed by atoms with Crippen molar-refractivity contribution < 1.29 is 0 Å². The highest BCUT2D eigenvalue weighted by atomic mass is 14.8. The number of nitrogen functional groups attached to an aromatic ring is 1. The van der Waals surface area contributed by atoms with Gasteiger partial charge in [0, 0.05) is 0 Å². The van der Waals surface area contributed by atoms with E-state index in [1.165, 1.54) is 0 Å². The average molecular weight is 178 g/mol. The van der Waals surface area contributed by atoms with E-state index in [0.29, 0.717) is 5.82 Å². The summed E-state index contributed by atoms with van der Waals surface area (Å²) >= 11 is 0. The van der Waals surface area contributed by atoms with E-state index in [-0.39, 0.29) is 0 Å². The third kappa shape index (κ3) is 5.01. The van der Waals surface area contributed by atoms with Crippen molar-refractivity contribution in [1.82, 2.24) is 4.98 Å². The number of aromatic nitrogens is 1. The first-order chi connectivity index (χ1) is 6.33. The molecule has 0 unspecified atom stereocenters. The molecule has 2 nitrogen and oxygen atoms in total. The molecule has 0 saturated heterocycles. The molecule has 0 radical (unpaired) electrons. The van der Waals surface area contributed by atoms with Gasteiger partial charge in [0.05, 0.1) is 5.69 Å². The van der Waals surface area contributed by atoms with E-state index in [2.05, 4.69) is 18.0 Å². The Balaban J connectivity index is 0.000000671. The van der Waals surface area contributed by atoms with Gasteiger partial charge >= 0.3 is 0 Å². The molecule has 0 atom stereocenters. The number of rotatable bonds is 2. The van der Waals surface area contributed by atoms with Gasteiger partial charge in [-0.25, -0.2) is 4.98 Å². The molecule has 0 spiro atoms. The van der Waals surface area contributed by atoms with Gasteiger partial charge in [-0.05, 0) is 24.6 Å². The fourth-order valence-corrected chi connectivity index (χ4v) is 0.800. The van der Waals surface area contributed by atoms with Crippen LogP contribution in [0.3, 0.4) is 0 Å². The van der Waals surface area contributed by atoms with E-state index in [1.807, 2.05) is 32.1 Å². The van der Waals surface area contributed by atoms with E-state index in [9.17, 15) is 0 Å². The second kappa shape index (κ2) is 7.35. The van der Waals surface area contributed by atoms with Crippen LogP contribution in [0.1, 0.15) is 32.9 Å². The van der Waals surface area contributed by atoms with Crippen molar-refractivity contribution in [3.63, 3.8) is 0 Å². The molecule has 1 aromatic heterocycles. The molecule has 2 heteroatoms. The van der Waals surface area contributed by atoms with Crippen LogP contribution in [0.5, 0.6) is 0 Å². The molecule has 0 aliphatic heterocycles. The van der Waals surface area contributed by atoms with Gasteiger partial charge in [-0.3, -0.25) is 0 Å². The van der Waals surface area contributed by atoms with Gasteiger partial charge in [0.1, 0.15) is 5.82 Å². The molecule has 0 amide bonds. The molecule has 0 saturated carbocycles. The molecule has 0 aliphatic carbocycles.